The van der Waals surface area contributed by atoms with Crippen molar-refractivity contribution in [2.24, 2.45) is 0 Å². The van der Waals surface area contributed by atoms with Gasteiger partial charge < -0.3 is 0 Å². The summed E-state index contributed by atoms with van der Waals surface area (Å²) >= 11 is 0. The Hall–Kier alpha value is 0.647. The normalized spacial score (nSPS) is 12.6. The Bertz CT molecular complexity index is 293. The van der Waals surface area contributed by atoms with E-state index in [2.05, 4.69) is 40.4 Å². The maximum atomic E-state index is 2.74. The van der Waals surface area contributed by atoms with E-state index in [-0.39, 0.29) is 0 Å². The zero-order valence-corrected chi connectivity index (χ0v) is 23.7. The SMILES string of the molecule is CCCCCCCC[P+](CCCCCCCC)(CCCCCCCC)[Si](C)(C)C. The number of hydrogen-bond acceptors (Lipinski definition) is 0. The van der Waals surface area contributed by atoms with Crippen molar-refractivity contribution in [2.45, 2.75) is 156 Å². The summed E-state index contributed by atoms with van der Waals surface area (Å²) in [5.74, 6) is 0. The third-order valence-corrected chi connectivity index (χ3v) is 24.2. The molecule has 0 aliphatic carbocycles. The lowest BCUT2D eigenvalue weighted by molar-refractivity contribution is 0.617. The fourth-order valence-corrected chi connectivity index (χ4v) is 17.6. The van der Waals surface area contributed by atoms with Gasteiger partial charge in [0.15, 0.2) is 0 Å². The Morgan fingerprint density at radius 3 is 0.862 bits per heavy atom. The van der Waals surface area contributed by atoms with Crippen LogP contribution in [-0.4, -0.2) is 26.2 Å². The highest BCUT2D eigenvalue weighted by atomic mass is 31.4. The smallest absolute Gasteiger partial charge is 0.0654 e. The molecule has 176 valence electrons. The van der Waals surface area contributed by atoms with Gasteiger partial charge in [0.05, 0.1) is 0 Å². The summed E-state index contributed by atoms with van der Waals surface area (Å²) < 4.78 is 0. The van der Waals surface area contributed by atoms with E-state index in [1.165, 1.54) is 96.3 Å². The first-order valence-corrected chi connectivity index (χ1v) is 20.5. The van der Waals surface area contributed by atoms with E-state index in [0.717, 1.165) is 0 Å². The first kappa shape index (κ1) is 29.6. The van der Waals surface area contributed by atoms with E-state index >= 15 is 0 Å². The Morgan fingerprint density at radius 1 is 0.379 bits per heavy atom. The minimum Gasteiger partial charge on any atom is -0.0654 e. The summed E-state index contributed by atoms with van der Waals surface area (Å²) in [6.45, 7) is 14.5. The molecular formula is C27H60PSi+. The van der Waals surface area contributed by atoms with E-state index in [4.69, 9.17) is 0 Å². The van der Waals surface area contributed by atoms with Crippen LogP contribution >= 0.6 is 6.81 Å². The van der Waals surface area contributed by atoms with Crippen molar-refractivity contribution in [2.75, 3.05) is 18.5 Å². The number of hydrogen-bond donors (Lipinski definition) is 0. The third kappa shape index (κ3) is 15.1. The minimum absolute atomic E-state index is 0.708. The van der Waals surface area contributed by atoms with Crippen LogP contribution in [0, 0.1) is 0 Å². The van der Waals surface area contributed by atoms with Crippen LogP contribution < -0.4 is 0 Å². The van der Waals surface area contributed by atoms with Crippen LogP contribution in [-0.2, 0) is 0 Å². The summed E-state index contributed by atoms with van der Waals surface area (Å²) in [6, 6.07) is 0. The molecule has 0 atom stereocenters. The fourth-order valence-electron chi connectivity index (χ4n) is 4.93. The van der Waals surface area contributed by atoms with Gasteiger partial charge in [-0.25, -0.2) is 0 Å². The van der Waals surface area contributed by atoms with E-state index < -0.39 is 14.6 Å². The molecule has 0 aromatic heterocycles. The van der Waals surface area contributed by atoms with Gasteiger partial charge in [-0.05, 0) is 65.0 Å². The first-order valence-electron chi connectivity index (χ1n) is 13.8. The van der Waals surface area contributed by atoms with Gasteiger partial charge in [0, 0.05) is 18.5 Å². The van der Waals surface area contributed by atoms with Crippen molar-refractivity contribution in [3.63, 3.8) is 0 Å². The maximum Gasteiger partial charge on any atom is 0.221 e. The molecule has 0 aliphatic heterocycles. The van der Waals surface area contributed by atoms with Crippen LogP contribution in [0.3, 0.4) is 0 Å². The van der Waals surface area contributed by atoms with Crippen molar-refractivity contribution < 1.29 is 0 Å². The molecule has 0 unspecified atom stereocenters. The Labute approximate surface area is 189 Å². The molecule has 0 heterocycles. The van der Waals surface area contributed by atoms with E-state index in [9.17, 15) is 0 Å². The second kappa shape index (κ2) is 19.3. The molecule has 0 saturated carbocycles. The highest BCUT2D eigenvalue weighted by Gasteiger charge is 2.48. The molecule has 0 N–H and O–H groups in total. The van der Waals surface area contributed by atoms with Crippen LogP contribution in [0.1, 0.15) is 136 Å². The lowest BCUT2D eigenvalue weighted by atomic mass is 10.1. The molecule has 0 radical (unpaired) electrons. The topological polar surface area (TPSA) is 0 Å². The van der Waals surface area contributed by atoms with Crippen molar-refractivity contribution >= 4 is 14.6 Å². The molecule has 0 amide bonds. The molecule has 29 heavy (non-hydrogen) atoms. The van der Waals surface area contributed by atoms with Gasteiger partial charge in [0.1, 0.15) is 0 Å². The van der Waals surface area contributed by atoms with Crippen molar-refractivity contribution in [3.05, 3.63) is 0 Å². The molecule has 0 rings (SSSR count). The molecular weight excluding hydrogens is 383 g/mol. The largest absolute Gasteiger partial charge is 0.221 e. The fraction of sp³-hybridized carbons (Fsp3) is 1.00. The van der Waals surface area contributed by atoms with Gasteiger partial charge in [-0.2, -0.15) is 0 Å². The standard InChI is InChI=1S/C27H60PSi/c1-7-10-13-16-19-22-25-28(29(4,5)6,26-23-20-17-14-11-8-2)27-24-21-18-15-12-9-3/h7-27H2,1-6H3/q+1. The lowest BCUT2D eigenvalue weighted by Crippen LogP contribution is -2.32. The summed E-state index contributed by atoms with van der Waals surface area (Å²) in [6.07, 6.45) is 31.5. The molecule has 0 fully saturated rings. The maximum absolute atomic E-state index is 2.74. The summed E-state index contributed by atoms with van der Waals surface area (Å²) in [4.78, 5) is 0. The molecule has 0 saturated heterocycles. The molecule has 0 nitrogen and oxygen atoms in total. The molecule has 0 bridgehead atoms. The van der Waals surface area contributed by atoms with Gasteiger partial charge in [0.2, 0.25) is 7.74 Å². The predicted octanol–water partition coefficient (Wildman–Crippen LogP) is 10.9. The van der Waals surface area contributed by atoms with Crippen LogP contribution in [0.5, 0.6) is 0 Å². The Kier molecular flexibility index (Phi) is 19.8. The van der Waals surface area contributed by atoms with Crippen molar-refractivity contribution in [1.82, 2.24) is 0 Å². The molecule has 2 heteroatoms. The highest BCUT2D eigenvalue weighted by Crippen LogP contribution is 2.68. The molecule has 0 aromatic rings. The summed E-state index contributed by atoms with van der Waals surface area (Å²) in [5.41, 5.74) is 0. The average Bonchev–Trinajstić information content (AvgIpc) is 2.68. The Balaban J connectivity index is 4.67. The zero-order valence-electron chi connectivity index (χ0n) is 21.8. The van der Waals surface area contributed by atoms with Gasteiger partial charge in [-0.15, -0.1) is 0 Å². The second-order valence-corrected chi connectivity index (χ2v) is 25.6. The molecule has 0 spiro atoms. The first-order chi connectivity index (χ1) is 13.9. The molecule has 0 aliphatic rings. The van der Waals surface area contributed by atoms with Crippen LogP contribution in [0.2, 0.25) is 19.6 Å². The van der Waals surface area contributed by atoms with E-state index in [0.29, 0.717) is 0 Å². The van der Waals surface area contributed by atoms with Crippen LogP contribution in [0.25, 0.3) is 0 Å². The monoisotopic (exact) mass is 443 g/mol. The molecule has 0 aromatic carbocycles. The van der Waals surface area contributed by atoms with Gasteiger partial charge in [-0.3, -0.25) is 0 Å². The average molecular weight is 444 g/mol. The summed E-state index contributed by atoms with van der Waals surface area (Å²) in [7, 11) is -1.05. The summed E-state index contributed by atoms with van der Waals surface area (Å²) in [5, 5.41) is 0. The van der Waals surface area contributed by atoms with Gasteiger partial charge in [-0.1, -0.05) is 97.8 Å². The highest BCUT2D eigenvalue weighted by molar-refractivity contribution is 8.07. The quantitative estimate of drug-likeness (QED) is 0.0886. The Morgan fingerprint density at radius 2 is 0.621 bits per heavy atom. The van der Waals surface area contributed by atoms with Crippen LogP contribution in [0.15, 0.2) is 0 Å². The van der Waals surface area contributed by atoms with E-state index in [1.54, 1.807) is 37.7 Å². The lowest BCUT2D eigenvalue weighted by Gasteiger charge is -2.38. The number of unbranched alkanes of at least 4 members (excludes halogenated alkanes) is 15. The van der Waals surface area contributed by atoms with Crippen LogP contribution in [0.4, 0.5) is 0 Å². The van der Waals surface area contributed by atoms with Gasteiger partial charge in [0.25, 0.3) is 0 Å². The second-order valence-electron chi connectivity index (χ2n) is 10.8. The third-order valence-electron chi connectivity index (χ3n) is 7.24. The predicted molar refractivity (Wildman–Crippen MR) is 145 cm³/mol. The van der Waals surface area contributed by atoms with Gasteiger partial charge >= 0.3 is 0 Å². The number of rotatable bonds is 22. The van der Waals surface area contributed by atoms with Crippen molar-refractivity contribution in [1.29, 1.82) is 0 Å². The minimum atomic E-state index is -1.05. The van der Waals surface area contributed by atoms with E-state index in [1.807, 2.05) is 0 Å². The van der Waals surface area contributed by atoms with Crippen molar-refractivity contribution in [3.8, 4) is 0 Å². The zero-order chi connectivity index (χ0) is 21.8.